The van der Waals surface area contributed by atoms with Crippen LogP contribution in [0.2, 0.25) is 0 Å². The third-order valence-electron chi connectivity index (χ3n) is 1.99. The van der Waals surface area contributed by atoms with Gasteiger partial charge < -0.3 is 5.32 Å². The van der Waals surface area contributed by atoms with Gasteiger partial charge in [0.25, 0.3) is 20.2 Å². The van der Waals surface area contributed by atoms with Crippen LogP contribution in [0.1, 0.15) is 19.8 Å². The molecule has 0 aliphatic carbocycles. The summed E-state index contributed by atoms with van der Waals surface area (Å²) in [6.07, 6.45) is 3.65. The molecule has 0 bridgehead atoms. The van der Waals surface area contributed by atoms with Crippen molar-refractivity contribution in [1.82, 2.24) is 5.32 Å². The fraction of sp³-hybridized carbons (Fsp3) is 1.00. The van der Waals surface area contributed by atoms with Crippen LogP contribution in [0.15, 0.2) is 0 Å². The summed E-state index contributed by atoms with van der Waals surface area (Å²) in [7, 11) is -6.97. The lowest BCUT2D eigenvalue weighted by atomic mass is 10.1. The van der Waals surface area contributed by atoms with Gasteiger partial charge in [-0.2, -0.15) is 16.8 Å². The van der Waals surface area contributed by atoms with Gasteiger partial charge >= 0.3 is 0 Å². The van der Waals surface area contributed by atoms with Crippen LogP contribution in [0.5, 0.6) is 0 Å². The highest BCUT2D eigenvalue weighted by atomic mass is 32.2. The van der Waals surface area contributed by atoms with E-state index >= 15 is 0 Å². The lowest BCUT2D eigenvalue weighted by Crippen LogP contribution is -2.35. The molecule has 2 atom stereocenters. The average molecular weight is 289 g/mol. The molecule has 9 heteroatoms. The predicted octanol–water partition coefficient (Wildman–Crippen LogP) is -0.393. The van der Waals surface area contributed by atoms with Crippen LogP contribution in [0.25, 0.3) is 0 Å². The smallest absolute Gasteiger partial charge is 0.264 e. The monoisotopic (exact) mass is 289 g/mol. The van der Waals surface area contributed by atoms with E-state index in [0.717, 1.165) is 25.6 Å². The molecule has 17 heavy (non-hydrogen) atoms. The Morgan fingerprint density at radius 3 is 2.06 bits per heavy atom. The maximum absolute atomic E-state index is 10.7. The molecule has 1 saturated heterocycles. The molecular weight excluding hydrogens is 270 g/mol. The molecule has 2 unspecified atom stereocenters. The summed E-state index contributed by atoms with van der Waals surface area (Å²) < 4.78 is 52.2. The molecule has 104 valence electrons. The molecule has 1 aliphatic heterocycles. The molecule has 0 radical (unpaired) electrons. The zero-order valence-corrected chi connectivity index (χ0v) is 11.7. The van der Waals surface area contributed by atoms with Gasteiger partial charge in [-0.3, -0.25) is 8.74 Å². The summed E-state index contributed by atoms with van der Waals surface area (Å²) >= 11 is 0. The van der Waals surface area contributed by atoms with Crippen LogP contribution >= 0.6 is 0 Å². The second-order valence-electron chi connectivity index (χ2n) is 3.94. The van der Waals surface area contributed by atoms with E-state index < -0.39 is 20.2 Å². The minimum Gasteiger partial charge on any atom is -0.311 e. The van der Waals surface area contributed by atoms with Gasteiger partial charge in [-0.05, 0) is 26.3 Å². The SMILES string of the molecule is CC(OS(C)(=O)=O)C1CCCN1.CS(=O)(=O)O. The highest BCUT2D eigenvalue weighted by molar-refractivity contribution is 7.86. The molecule has 1 heterocycles. The van der Waals surface area contributed by atoms with Crippen molar-refractivity contribution in [3.05, 3.63) is 0 Å². The molecule has 0 amide bonds. The van der Waals surface area contributed by atoms with Crippen molar-refractivity contribution in [3.8, 4) is 0 Å². The first-order valence-electron chi connectivity index (χ1n) is 5.03. The van der Waals surface area contributed by atoms with Crippen molar-refractivity contribution in [2.45, 2.75) is 31.9 Å². The van der Waals surface area contributed by atoms with Crippen molar-refractivity contribution in [3.63, 3.8) is 0 Å². The van der Waals surface area contributed by atoms with E-state index in [9.17, 15) is 16.8 Å². The molecule has 1 fully saturated rings. The van der Waals surface area contributed by atoms with Gasteiger partial charge in [0.15, 0.2) is 0 Å². The summed E-state index contributed by atoms with van der Waals surface area (Å²) in [6, 6.07) is 0.194. The van der Waals surface area contributed by atoms with Gasteiger partial charge in [-0.15, -0.1) is 0 Å². The summed E-state index contributed by atoms with van der Waals surface area (Å²) in [4.78, 5) is 0. The van der Waals surface area contributed by atoms with Gasteiger partial charge in [0.1, 0.15) is 0 Å². The van der Waals surface area contributed by atoms with E-state index in [2.05, 4.69) is 5.32 Å². The molecule has 7 nitrogen and oxygen atoms in total. The fourth-order valence-corrected chi connectivity index (χ4v) is 2.14. The molecule has 2 N–H and O–H groups in total. The molecule has 0 aromatic rings. The van der Waals surface area contributed by atoms with E-state index in [1.807, 2.05) is 0 Å². The normalized spacial score (nSPS) is 22.7. The van der Waals surface area contributed by atoms with Crippen LogP contribution in [0, 0.1) is 0 Å². The average Bonchev–Trinajstić information content (AvgIpc) is 2.47. The van der Waals surface area contributed by atoms with Crippen LogP contribution in [-0.2, 0) is 24.4 Å². The zero-order chi connectivity index (χ0) is 13.7. The summed E-state index contributed by atoms with van der Waals surface area (Å²) in [5, 5.41) is 3.19. The van der Waals surface area contributed by atoms with Crippen molar-refractivity contribution < 1.29 is 25.6 Å². The largest absolute Gasteiger partial charge is 0.311 e. The Morgan fingerprint density at radius 2 is 1.76 bits per heavy atom. The lowest BCUT2D eigenvalue weighted by Gasteiger charge is -2.17. The summed E-state index contributed by atoms with van der Waals surface area (Å²) in [6.45, 7) is 2.74. The molecule has 0 spiro atoms. The van der Waals surface area contributed by atoms with Crippen molar-refractivity contribution in [2.75, 3.05) is 19.1 Å². The highest BCUT2D eigenvalue weighted by Gasteiger charge is 2.24. The first-order valence-corrected chi connectivity index (χ1v) is 8.69. The molecule has 1 aliphatic rings. The Morgan fingerprint density at radius 1 is 1.29 bits per heavy atom. The third-order valence-corrected chi connectivity index (χ3v) is 2.64. The standard InChI is InChI=1S/C7H15NO3S.CH4O3S/c1-6(11-12(2,9)10)7-4-3-5-8-7;1-5(2,3)4/h6-8H,3-5H2,1-2H3;1H3,(H,2,3,4). The van der Waals surface area contributed by atoms with Gasteiger partial charge in [-0.1, -0.05) is 0 Å². The Labute approximate surface area is 102 Å². The second kappa shape index (κ2) is 6.64. The van der Waals surface area contributed by atoms with Crippen molar-refractivity contribution in [2.24, 2.45) is 0 Å². The van der Waals surface area contributed by atoms with E-state index in [-0.39, 0.29) is 12.1 Å². The maximum atomic E-state index is 10.7. The number of hydrogen-bond acceptors (Lipinski definition) is 6. The van der Waals surface area contributed by atoms with E-state index in [0.29, 0.717) is 6.26 Å². The molecular formula is C8H19NO6S2. The third kappa shape index (κ3) is 12.0. The Bertz CT molecular complexity index is 401. The molecule has 0 saturated carbocycles. The lowest BCUT2D eigenvalue weighted by molar-refractivity contribution is 0.189. The topological polar surface area (TPSA) is 110 Å². The Balaban J connectivity index is 0.000000437. The molecule has 0 aromatic carbocycles. The van der Waals surface area contributed by atoms with Crippen LogP contribution in [0.4, 0.5) is 0 Å². The van der Waals surface area contributed by atoms with Crippen molar-refractivity contribution in [1.29, 1.82) is 0 Å². The second-order valence-corrected chi connectivity index (χ2v) is 7.01. The number of rotatable bonds is 3. The molecule has 1 rings (SSSR count). The van der Waals surface area contributed by atoms with Crippen LogP contribution in [0.3, 0.4) is 0 Å². The van der Waals surface area contributed by atoms with E-state index in [4.69, 9.17) is 8.74 Å². The number of hydrogen-bond donors (Lipinski definition) is 2. The van der Waals surface area contributed by atoms with E-state index in [1.165, 1.54) is 0 Å². The summed E-state index contributed by atoms with van der Waals surface area (Å²) in [5.74, 6) is 0. The van der Waals surface area contributed by atoms with Gasteiger partial charge in [-0.25, -0.2) is 0 Å². The quantitative estimate of drug-likeness (QED) is 0.537. The Kier molecular flexibility index (Phi) is 6.56. The van der Waals surface area contributed by atoms with Gasteiger partial charge in [0.05, 0.1) is 18.6 Å². The first kappa shape index (κ1) is 16.8. The fourth-order valence-electron chi connectivity index (χ4n) is 1.45. The molecule has 0 aromatic heterocycles. The summed E-state index contributed by atoms with van der Waals surface area (Å²) in [5.41, 5.74) is 0. The highest BCUT2D eigenvalue weighted by Crippen LogP contribution is 2.12. The first-order chi connectivity index (χ1) is 7.49. The minimum atomic E-state index is -3.67. The van der Waals surface area contributed by atoms with Gasteiger partial charge in [0, 0.05) is 6.04 Å². The van der Waals surface area contributed by atoms with E-state index in [1.54, 1.807) is 6.92 Å². The number of nitrogens with one attached hydrogen (secondary N) is 1. The predicted molar refractivity (Wildman–Crippen MR) is 63.9 cm³/mol. The van der Waals surface area contributed by atoms with Crippen molar-refractivity contribution >= 4 is 20.2 Å². The minimum absolute atomic E-state index is 0.194. The maximum Gasteiger partial charge on any atom is 0.264 e. The Hall–Kier alpha value is -0.220. The van der Waals surface area contributed by atoms with Gasteiger partial charge in [0.2, 0.25) is 0 Å². The van der Waals surface area contributed by atoms with Crippen LogP contribution in [-0.4, -0.2) is 52.6 Å². The van der Waals surface area contributed by atoms with Crippen LogP contribution < -0.4 is 5.32 Å². The zero-order valence-electron chi connectivity index (χ0n) is 10.1.